The first-order valence-electron chi connectivity index (χ1n) is 9.50. The van der Waals surface area contributed by atoms with Crippen molar-refractivity contribution >= 4 is 17.3 Å². The maximum absolute atomic E-state index is 12.6. The Morgan fingerprint density at radius 3 is 2.32 bits per heavy atom. The van der Waals surface area contributed by atoms with Crippen LogP contribution in [0, 0.1) is 10.1 Å². The molecule has 0 bridgehead atoms. The van der Waals surface area contributed by atoms with Gasteiger partial charge in [-0.25, -0.2) is 0 Å². The zero-order valence-corrected chi connectivity index (χ0v) is 16.3. The van der Waals surface area contributed by atoms with Gasteiger partial charge in [0.15, 0.2) is 11.5 Å². The van der Waals surface area contributed by atoms with E-state index in [0.29, 0.717) is 36.0 Å². The first-order valence-corrected chi connectivity index (χ1v) is 9.50. The second-order valence-electron chi connectivity index (χ2n) is 6.33. The van der Waals surface area contributed by atoms with Crippen LogP contribution >= 0.6 is 0 Å². The number of carbonyl (C=O) groups excluding carboxylic acids is 1. The molecule has 7 nitrogen and oxygen atoms in total. The third-order valence-corrected chi connectivity index (χ3v) is 4.03. The number of ether oxygens (including phenoxy) is 2. The average molecular weight is 386 g/mol. The Kier molecular flexibility index (Phi) is 8.27. The summed E-state index contributed by atoms with van der Waals surface area (Å²) in [4.78, 5) is 23.0. The molecule has 0 aliphatic rings. The lowest BCUT2D eigenvalue weighted by molar-refractivity contribution is -0.384. The summed E-state index contributed by atoms with van der Waals surface area (Å²) in [6, 6.07) is 10.8. The molecule has 2 rings (SSSR count). The monoisotopic (exact) mass is 386 g/mol. The summed E-state index contributed by atoms with van der Waals surface area (Å²) in [5, 5.41) is 13.6. The van der Waals surface area contributed by atoms with Gasteiger partial charge in [-0.05, 0) is 37.1 Å². The van der Waals surface area contributed by atoms with Crippen LogP contribution in [-0.2, 0) is 0 Å². The summed E-state index contributed by atoms with van der Waals surface area (Å²) >= 11 is 0. The maximum atomic E-state index is 12.6. The number of hydrogen-bond donors (Lipinski definition) is 1. The Morgan fingerprint density at radius 2 is 1.68 bits per heavy atom. The van der Waals surface area contributed by atoms with Gasteiger partial charge < -0.3 is 14.8 Å². The molecule has 28 heavy (non-hydrogen) atoms. The van der Waals surface area contributed by atoms with Crippen molar-refractivity contribution in [3.63, 3.8) is 0 Å². The molecule has 0 unspecified atom stereocenters. The number of nitrogens with zero attached hydrogens (tertiary/aromatic N) is 1. The molecule has 7 heteroatoms. The zero-order chi connectivity index (χ0) is 20.4. The van der Waals surface area contributed by atoms with Crippen LogP contribution in [0.25, 0.3) is 0 Å². The predicted octanol–water partition coefficient (Wildman–Crippen LogP) is 5.20. The van der Waals surface area contributed by atoms with E-state index in [1.807, 2.05) is 0 Å². The number of non-ortho nitro benzene ring substituents is 1. The van der Waals surface area contributed by atoms with Crippen molar-refractivity contribution < 1.29 is 19.2 Å². The van der Waals surface area contributed by atoms with E-state index < -0.39 is 4.92 Å². The number of unbranched alkanes of at least 4 members (excludes halogenated alkanes) is 2. The first kappa shape index (κ1) is 21.2. The van der Waals surface area contributed by atoms with Gasteiger partial charge >= 0.3 is 0 Å². The van der Waals surface area contributed by atoms with Gasteiger partial charge in [0, 0.05) is 23.4 Å². The summed E-state index contributed by atoms with van der Waals surface area (Å²) in [6.45, 7) is 5.28. The molecule has 0 radical (unpaired) electrons. The van der Waals surface area contributed by atoms with Crippen LogP contribution in [0.15, 0.2) is 42.5 Å². The van der Waals surface area contributed by atoms with Crippen LogP contribution in [0.4, 0.5) is 11.4 Å². The fourth-order valence-corrected chi connectivity index (χ4v) is 2.43. The molecule has 0 fully saturated rings. The number of nitrogens with one attached hydrogen (secondary N) is 1. The molecule has 0 aliphatic heterocycles. The smallest absolute Gasteiger partial charge is 0.271 e. The van der Waals surface area contributed by atoms with Crippen LogP contribution in [0.5, 0.6) is 11.5 Å². The Hall–Kier alpha value is -3.09. The maximum Gasteiger partial charge on any atom is 0.271 e. The van der Waals surface area contributed by atoms with Crippen LogP contribution in [0.1, 0.15) is 49.9 Å². The zero-order valence-electron chi connectivity index (χ0n) is 16.3. The van der Waals surface area contributed by atoms with Gasteiger partial charge in [-0.2, -0.15) is 0 Å². The number of nitro benzene ring substituents is 1. The molecule has 0 saturated carbocycles. The number of amides is 1. The summed E-state index contributed by atoms with van der Waals surface area (Å²) in [5.41, 5.74) is 0.665. The fraction of sp³-hybridized carbons (Fsp3) is 0.381. The molecule has 0 spiro atoms. The SMILES string of the molecule is CCCCOc1ccc(C(=O)Nc2cccc([N+](=O)[O-])c2)cc1OCCCC. The van der Waals surface area contributed by atoms with Crippen molar-refractivity contribution in [2.75, 3.05) is 18.5 Å². The van der Waals surface area contributed by atoms with Gasteiger partial charge in [0.2, 0.25) is 0 Å². The lowest BCUT2D eigenvalue weighted by Crippen LogP contribution is -2.12. The van der Waals surface area contributed by atoms with E-state index in [1.165, 1.54) is 18.2 Å². The van der Waals surface area contributed by atoms with Gasteiger partial charge in [0.25, 0.3) is 11.6 Å². The van der Waals surface area contributed by atoms with Crippen LogP contribution < -0.4 is 14.8 Å². The summed E-state index contributed by atoms with van der Waals surface area (Å²) in [5.74, 6) is 0.758. The van der Waals surface area contributed by atoms with Gasteiger partial charge in [0.05, 0.1) is 18.1 Å². The Labute approximate surface area is 164 Å². The number of nitro groups is 1. The van der Waals surface area contributed by atoms with E-state index in [1.54, 1.807) is 24.3 Å². The molecule has 150 valence electrons. The molecular formula is C21H26N2O5. The molecule has 0 aromatic heterocycles. The topological polar surface area (TPSA) is 90.7 Å². The standard InChI is InChI=1S/C21H26N2O5/c1-3-5-12-27-19-11-10-16(14-20(19)28-13-6-4-2)21(24)22-17-8-7-9-18(15-17)23(25)26/h7-11,14-15H,3-6,12-13H2,1-2H3,(H,22,24). The van der Waals surface area contributed by atoms with Crippen molar-refractivity contribution in [3.8, 4) is 11.5 Å². The lowest BCUT2D eigenvalue weighted by Gasteiger charge is -2.14. The van der Waals surface area contributed by atoms with E-state index >= 15 is 0 Å². The molecule has 2 aromatic carbocycles. The third kappa shape index (κ3) is 6.26. The molecule has 1 amide bonds. The average Bonchev–Trinajstić information content (AvgIpc) is 2.69. The third-order valence-electron chi connectivity index (χ3n) is 4.03. The van der Waals surface area contributed by atoms with Crippen LogP contribution in [-0.4, -0.2) is 24.0 Å². The molecular weight excluding hydrogens is 360 g/mol. The fourth-order valence-electron chi connectivity index (χ4n) is 2.43. The summed E-state index contributed by atoms with van der Waals surface area (Å²) in [7, 11) is 0. The highest BCUT2D eigenvalue weighted by molar-refractivity contribution is 6.04. The highest BCUT2D eigenvalue weighted by Crippen LogP contribution is 2.29. The Morgan fingerprint density at radius 1 is 1.00 bits per heavy atom. The van der Waals surface area contributed by atoms with Crippen LogP contribution in [0.3, 0.4) is 0 Å². The second-order valence-corrected chi connectivity index (χ2v) is 6.33. The van der Waals surface area contributed by atoms with Gasteiger partial charge in [-0.1, -0.05) is 32.8 Å². The van der Waals surface area contributed by atoms with Crippen molar-refractivity contribution in [2.45, 2.75) is 39.5 Å². The minimum Gasteiger partial charge on any atom is -0.490 e. The quantitative estimate of drug-likeness (QED) is 0.325. The highest BCUT2D eigenvalue weighted by atomic mass is 16.6. The lowest BCUT2D eigenvalue weighted by atomic mass is 10.1. The number of carbonyl (C=O) groups is 1. The van der Waals surface area contributed by atoms with Gasteiger partial charge in [-0.3, -0.25) is 14.9 Å². The van der Waals surface area contributed by atoms with E-state index in [0.717, 1.165) is 25.7 Å². The number of hydrogen-bond acceptors (Lipinski definition) is 5. The molecule has 0 aliphatic carbocycles. The van der Waals surface area contributed by atoms with E-state index in [-0.39, 0.29) is 11.6 Å². The Balaban J connectivity index is 2.16. The van der Waals surface area contributed by atoms with Crippen LogP contribution in [0.2, 0.25) is 0 Å². The van der Waals surface area contributed by atoms with Crippen molar-refractivity contribution in [1.29, 1.82) is 0 Å². The largest absolute Gasteiger partial charge is 0.490 e. The second kappa shape index (κ2) is 10.9. The van der Waals surface area contributed by atoms with Crippen molar-refractivity contribution in [1.82, 2.24) is 0 Å². The van der Waals surface area contributed by atoms with E-state index in [9.17, 15) is 14.9 Å². The predicted molar refractivity (Wildman–Crippen MR) is 108 cm³/mol. The summed E-state index contributed by atoms with van der Waals surface area (Å²) < 4.78 is 11.6. The molecule has 1 N–H and O–H groups in total. The molecule has 0 saturated heterocycles. The van der Waals surface area contributed by atoms with Gasteiger partial charge in [0.1, 0.15) is 0 Å². The number of rotatable bonds is 11. The normalized spacial score (nSPS) is 10.4. The molecule has 2 aromatic rings. The summed E-state index contributed by atoms with van der Waals surface area (Å²) in [6.07, 6.45) is 3.86. The van der Waals surface area contributed by atoms with E-state index in [2.05, 4.69) is 19.2 Å². The minimum atomic E-state index is -0.502. The van der Waals surface area contributed by atoms with E-state index in [4.69, 9.17) is 9.47 Å². The van der Waals surface area contributed by atoms with Crippen molar-refractivity contribution in [2.24, 2.45) is 0 Å². The minimum absolute atomic E-state index is 0.0824. The van der Waals surface area contributed by atoms with Gasteiger partial charge in [-0.15, -0.1) is 0 Å². The Bertz CT molecular complexity index is 807. The number of anilines is 1. The highest BCUT2D eigenvalue weighted by Gasteiger charge is 2.14. The number of benzene rings is 2. The van der Waals surface area contributed by atoms with Crippen molar-refractivity contribution in [3.05, 3.63) is 58.1 Å². The molecule has 0 atom stereocenters. The first-order chi connectivity index (χ1) is 13.5. The molecule has 0 heterocycles.